The molecule has 0 atom stereocenters. The first-order valence-electron chi connectivity index (χ1n) is 9.42. The fraction of sp³-hybridized carbons (Fsp3) is 0.0909. The molecule has 0 aliphatic heterocycles. The van der Waals surface area contributed by atoms with E-state index in [4.69, 9.17) is 4.74 Å². The Morgan fingerprint density at radius 3 is 2.15 bits per heavy atom. The highest BCUT2D eigenvalue weighted by atomic mass is 32.2. The van der Waals surface area contributed by atoms with Crippen molar-refractivity contribution in [3.05, 3.63) is 84.4 Å². The van der Waals surface area contributed by atoms with Gasteiger partial charge >= 0.3 is 6.18 Å². The van der Waals surface area contributed by atoms with E-state index >= 15 is 0 Å². The second kappa shape index (κ2) is 8.32. The van der Waals surface area contributed by atoms with Crippen LogP contribution in [0, 0.1) is 5.82 Å². The van der Waals surface area contributed by atoms with Gasteiger partial charge in [-0.05, 0) is 60.7 Å². The fourth-order valence-electron chi connectivity index (χ4n) is 2.99. The first-order valence-corrected chi connectivity index (χ1v) is 10.9. The molecule has 33 heavy (non-hydrogen) atoms. The van der Waals surface area contributed by atoms with Crippen LogP contribution < -0.4 is 9.04 Å². The van der Waals surface area contributed by atoms with Crippen molar-refractivity contribution in [2.45, 2.75) is 11.1 Å². The number of alkyl halides is 3. The highest BCUT2D eigenvalue weighted by Gasteiger charge is 2.36. The Bertz CT molecular complexity index is 1410. The molecule has 0 amide bonds. The van der Waals surface area contributed by atoms with Gasteiger partial charge in [0.25, 0.3) is 10.0 Å². The molecule has 4 aromatic rings. The average molecular weight is 477 g/mol. The van der Waals surface area contributed by atoms with Gasteiger partial charge in [-0.25, -0.2) is 17.8 Å². The lowest BCUT2D eigenvalue weighted by molar-refractivity contribution is -0.144. The molecule has 0 aliphatic carbocycles. The van der Waals surface area contributed by atoms with Crippen LogP contribution >= 0.6 is 0 Å². The molecule has 0 unspecified atom stereocenters. The van der Waals surface area contributed by atoms with Gasteiger partial charge in [0.15, 0.2) is 0 Å². The minimum absolute atomic E-state index is 0.0663. The molecule has 1 heterocycles. The summed E-state index contributed by atoms with van der Waals surface area (Å²) in [4.78, 5) is 6.95. The van der Waals surface area contributed by atoms with Gasteiger partial charge in [-0.3, -0.25) is 4.31 Å². The van der Waals surface area contributed by atoms with E-state index in [1.54, 1.807) is 12.1 Å². The van der Waals surface area contributed by atoms with Crippen molar-refractivity contribution in [1.82, 2.24) is 9.97 Å². The minimum Gasteiger partial charge on any atom is -0.438 e. The second-order valence-corrected chi connectivity index (χ2v) is 8.86. The topological polar surface area (TPSA) is 72.4 Å². The van der Waals surface area contributed by atoms with Crippen molar-refractivity contribution in [2.24, 2.45) is 0 Å². The van der Waals surface area contributed by atoms with E-state index in [-0.39, 0.29) is 33.1 Å². The molecule has 0 N–H and O–H groups in total. The standard InChI is InChI=1S/C22H15F4N3O3S/c1-29(33(30,31)17-12-6-14(23)7-13-17)15-8-10-16(11-9-15)32-20-18-4-2-3-5-19(18)27-21(28-20)22(24,25)26/h2-13H,1H3. The molecule has 0 aliphatic rings. The fourth-order valence-corrected chi connectivity index (χ4v) is 4.19. The molecular weight excluding hydrogens is 462 g/mol. The van der Waals surface area contributed by atoms with E-state index in [0.717, 1.165) is 28.6 Å². The molecule has 0 saturated heterocycles. The van der Waals surface area contributed by atoms with Crippen molar-refractivity contribution in [2.75, 3.05) is 11.4 Å². The highest BCUT2D eigenvalue weighted by molar-refractivity contribution is 7.92. The number of sulfonamides is 1. The number of rotatable bonds is 5. The number of para-hydroxylation sites is 1. The summed E-state index contributed by atoms with van der Waals surface area (Å²) in [6.45, 7) is 0. The van der Waals surface area contributed by atoms with Crippen LogP contribution in [0.15, 0.2) is 77.7 Å². The zero-order valence-electron chi connectivity index (χ0n) is 16.9. The molecule has 170 valence electrons. The molecule has 0 saturated carbocycles. The van der Waals surface area contributed by atoms with Crippen LogP contribution in [-0.4, -0.2) is 25.4 Å². The van der Waals surface area contributed by atoms with Crippen LogP contribution in [0.2, 0.25) is 0 Å². The maximum atomic E-state index is 13.2. The van der Waals surface area contributed by atoms with Gasteiger partial charge in [-0.1, -0.05) is 12.1 Å². The van der Waals surface area contributed by atoms with Gasteiger partial charge in [0.2, 0.25) is 11.7 Å². The van der Waals surface area contributed by atoms with E-state index in [2.05, 4.69) is 9.97 Å². The number of halogens is 4. The summed E-state index contributed by atoms with van der Waals surface area (Å²) in [5.41, 5.74) is 0.326. The summed E-state index contributed by atoms with van der Waals surface area (Å²) in [5.74, 6) is -2.04. The molecule has 0 radical (unpaired) electrons. The maximum Gasteiger partial charge on any atom is 0.451 e. The number of hydrogen-bond donors (Lipinski definition) is 0. The lowest BCUT2D eigenvalue weighted by atomic mass is 10.2. The van der Waals surface area contributed by atoms with E-state index in [9.17, 15) is 26.0 Å². The van der Waals surface area contributed by atoms with Crippen molar-refractivity contribution in [3.63, 3.8) is 0 Å². The van der Waals surface area contributed by atoms with E-state index in [0.29, 0.717) is 0 Å². The largest absolute Gasteiger partial charge is 0.451 e. The SMILES string of the molecule is CN(c1ccc(Oc2nc(C(F)(F)F)nc3ccccc23)cc1)S(=O)(=O)c1ccc(F)cc1. The first-order chi connectivity index (χ1) is 15.6. The molecular formula is C22H15F4N3O3S. The Balaban J connectivity index is 1.63. The number of fused-ring (bicyclic) bond motifs is 1. The highest BCUT2D eigenvalue weighted by Crippen LogP contribution is 2.34. The summed E-state index contributed by atoms with van der Waals surface area (Å²) in [6.07, 6.45) is -4.76. The quantitative estimate of drug-likeness (QED) is 0.360. The van der Waals surface area contributed by atoms with Crippen LogP contribution in [0.1, 0.15) is 5.82 Å². The predicted molar refractivity (Wildman–Crippen MR) is 113 cm³/mol. The van der Waals surface area contributed by atoms with Gasteiger partial charge in [0.1, 0.15) is 11.6 Å². The van der Waals surface area contributed by atoms with Crippen LogP contribution in [0.25, 0.3) is 10.9 Å². The van der Waals surface area contributed by atoms with Gasteiger partial charge in [-0.15, -0.1) is 0 Å². The number of ether oxygens (including phenoxy) is 1. The van der Waals surface area contributed by atoms with Gasteiger partial charge < -0.3 is 4.74 Å². The lowest BCUT2D eigenvalue weighted by Gasteiger charge is -2.20. The Morgan fingerprint density at radius 1 is 0.879 bits per heavy atom. The summed E-state index contributed by atoms with van der Waals surface area (Å²) < 4.78 is 84.7. The Hall–Kier alpha value is -3.73. The number of anilines is 1. The Labute approximate surface area is 186 Å². The summed E-state index contributed by atoms with van der Waals surface area (Å²) in [6, 6.07) is 16.1. The molecule has 6 nitrogen and oxygen atoms in total. The van der Waals surface area contributed by atoms with Crippen molar-refractivity contribution in [1.29, 1.82) is 0 Å². The molecule has 0 bridgehead atoms. The van der Waals surface area contributed by atoms with Gasteiger partial charge in [0.05, 0.1) is 21.5 Å². The average Bonchev–Trinajstić information content (AvgIpc) is 2.78. The number of benzene rings is 3. The van der Waals surface area contributed by atoms with Gasteiger partial charge in [0, 0.05) is 7.05 Å². The summed E-state index contributed by atoms with van der Waals surface area (Å²) in [7, 11) is -2.63. The zero-order valence-corrected chi connectivity index (χ0v) is 17.7. The maximum absolute atomic E-state index is 13.2. The third-order valence-electron chi connectivity index (χ3n) is 4.71. The van der Waals surface area contributed by atoms with E-state index in [1.807, 2.05) is 0 Å². The summed E-state index contributed by atoms with van der Waals surface area (Å²) >= 11 is 0. The second-order valence-electron chi connectivity index (χ2n) is 6.89. The molecule has 0 fully saturated rings. The van der Waals surface area contributed by atoms with E-state index < -0.39 is 27.8 Å². The van der Waals surface area contributed by atoms with Crippen LogP contribution in [0.5, 0.6) is 11.6 Å². The van der Waals surface area contributed by atoms with Crippen LogP contribution in [0.4, 0.5) is 23.2 Å². The smallest absolute Gasteiger partial charge is 0.438 e. The van der Waals surface area contributed by atoms with Crippen LogP contribution in [-0.2, 0) is 16.2 Å². The molecule has 1 aromatic heterocycles. The third-order valence-corrected chi connectivity index (χ3v) is 6.51. The van der Waals surface area contributed by atoms with Crippen molar-refractivity contribution >= 4 is 26.6 Å². The molecule has 4 rings (SSSR count). The van der Waals surface area contributed by atoms with Crippen molar-refractivity contribution < 1.29 is 30.7 Å². The number of hydrogen-bond acceptors (Lipinski definition) is 5. The van der Waals surface area contributed by atoms with Gasteiger partial charge in [-0.2, -0.15) is 18.2 Å². The normalized spacial score (nSPS) is 12.0. The number of nitrogens with zero attached hydrogens (tertiary/aromatic N) is 3. The zero-order chi connectivity index (χ0) is 23.8. The summed E-state index contributed by atoms with van der Waals surface area (Å²) in [5, 5.41) is 0.283. The minimum atomic E-state index is -4.76. The molecule has 0 spiro atoms. The third kappa shape index (κ3) is 4.58. The van der Waals surface area contributed by atoms with E-state index in [1.165, 1.54) is 43.4 Å². The number of aromatic nitrogens is 2. The van der Waals surface area contributed by atoms with Crippen LogP contribution in [0.3, 0.4) is 0 Å². The Morgan fingerprint density at radius 2 is 1.52 bits per heavy atom. The monoisotopic (exact) mass is 477 g/mol. The Kier molecular flexibility index (Phi) is 5.66. The molecule has 3 aromatic carbocycles. The van der Waals surface area contributed by atoms with Crippen molar-refractivity contribution in [3.8, 4) is 11.6 Å². The molecule has 11 heteroatoms. The lowest BCUT2D eigenvalue weighted by Crippen LogP contribution is -2.26. The first kappa shape index (κ1) is 22.5. The predicted octanol–water partition coefficient (Wildman–Crippen LogP) is 5.41.